The van der Waals surface area contributed by atoms with Crippen molar-refractivity contribution in [2.45, 2.75) is 38.1 Å². The Hall–Kier alpha value is -2.04. The summed E-state index contributed by atoms with van der Waals surface area (Å²) in [7, 11) is 3.45. The lowest BCUT2D eigenvalue weighted by Gasteiger charge is -2.41. The molecule has 2 aliphatic heterocycles. The molecule has 2 aliphatic rings. The van der Waals surface area contributed by atoms with Gasteiger partial charge in [-0.15, -0.1) is 0 Å². The van der Waals surface area contributed by atoms with Crippen molar-refractivity contribution in [3.8, 4) is 5.75 Å². The molecule has 2 atom stereocenters. The summed E-state index contributed by atoms with van der Waals surface area (Å²) in [5, 5.41) is 0. The Balaban J connectivity index is 1.86. The number of benzene rings is 1. The van der Waals surface area contributed by atoms with Gasteiger partial charge in [0.1, 0.15) is 5.75 Å². The van der Waals surface area contributed by atoms with Gasteiger partial charge in [-0.1, -0.05) is 12.1 Å². The summed E-state index contributed by atoms with van der Waals surface area (Å²) in [5.41, 5.74) is 1.00. The lowest BCUT2D eigenvalue weighted by atomic mass is 9.83. The Morgan fingerprint density at radius 2 is 1.79 bits per heavy atom. The number of piperidine rings is 2. The maximum atomic E-state index is 13.1. The Kier molecular flexibility index (Phi) is 5.07. The van der Waals surface area contributed by atoms with Crippen LogP contribution in [0.15, 0.2) is 24.3 Å². The van der Waals surface area contributed by atoms with E-state index in [1.54, 1.807) is 12.0 Å². The second-order valence-corrected chi connectivity index (χ2v) is 6.75. The van der Waals surface area contributed by atoms with E-state index < -0.39 is 0 Å². The van der Waals surface area contributed by atoms with Gasteiger partial charge in [0, 0.05) is 26.6 Å². The van der Waals surface area contributed by atoms with Crippen molar-refractivity contribution in [3.63, 3.8) is 0 Å². The van der Waals surface area contributed by atoms with Crippen LogP contribution in [0, 0.1) is 5.92 Å². The number of likely N-dealkylation sites (tertiary alicyclic amines) is 2. The molecule has 0 bridgehead atoms. The van der Waals surface area contributed by atoms with Gasteiger partial charge in [0.05, 0.1) is 19.1 Å². The second kappa shape index (κ2) is 7.24. The van der Waals surface area contributed by atoms with Crippen molar-refractivity contribution in [2.75, 3.05) is 27.2 Å². The van der Waals surface area contributed by atoms with Gasteiger partial charge < -0.3 is 14.5 Å². The summed E-state index contributed by atoms with van der Waals surface area (Å²) in [6.45, 7) is 1.70. The Morgan fingerprint density at radius 3 is 2.42 bits per heavy atom. The molecule has 0 spiro atoms. The smallest absolute Gasteiger partial charge is 0.228 e. The molecule has 1 aromatic carbocycles. The number of nitrogens with zero attached hydrogens (tertiary/aromatic N) is 2. The lowest BCUT2D eigenvalue weighted by molar-refractivity contribution is -0.147. The van der Waals surface area contributed by atoms with E-state index in [0.717, 1.165) is 37.2 Å². The molecule has 0 radical (unpaired) electrons. The van der Waals surface area contributed by atoms with Crippen molar-refractivity contribution in [2.24, 2.45) is 5.92 Å². The van der Waals surface area contributed by atoms with E-state index in [1.165, 1.54) is 6.42 Å². The summed E-state index contributed by atoms with van der Waals surface area (Å²) < 4.78 is 5.22. The van der Waals surface area contributed by atoms with Crippen LogP contribution in [0.25, 0.3) is 0 Å². The molecule has 0 saturated carbocycles. The van der Waals surface area contributed by atoms with E-state index in [-0.39, 0.29) is 23.8 Å². The topological polar surface area (TPSA) is 49.9 Å². The molecule has 0 aliphatic carbocycles. The van der Waals surface area contributed by atoms with E-state index in [4.69, 9.17) is 4.74 Å². The fourth-order valence-electron chi connectivity index (χ4n) is 3.90. The van der Waals surface area contributed by atoms with Crippen LogP contribution < -0.4 is 4.74 Å². The largest absolute Gasteiger partial charge is 0.497 e. The maximum absolute atomic E-state index is 13.1. The monoisotopic (exact) mass is 330 g/mol. The minimum atomic E-state index is -0.188. The molecule has 2 fully saturated rings. The van der Waals surface area contributed by atoms with Crippen LogP contribution in [0.1, 0.15) is 43.7 Å². The molecule has 3 rings (SSSR count). The predicted octanol–water partition coefficient (Wildman–Crippen LogP) is 2.62. The standard InChI is InChI=1S/C19H26N2O3/c1-20-17(22)11-10-16(19(23)21-12-4-3-5-13-21)18(20)14-6-8-15(24-2)9-7-14/h6-9,16,18H,3-5,10-13H2,1-2H3. The number of hydrogen-bond donors (Lipinski definition) is 0. The van der Waals surface area contributed by atoms with Crippen LogP contribution >= 0.6 is 0 Å². The summed E-state index contributed by atoms with van der Waals surface area (Å²) in [6.07, 6.45) is 4.46. The quantitative estimate of drug-likeness (QED) is 0.856. The van der Waals surface area contributed by atoms with Crippen LogP contribution in [-0.4, -0.2) is 48.9 Å². The van der Waals surface area contributed by atoms with E-state index in [0.29, 0.717) is 12.8 Å². The molecule has 2 amide bonds. The average molecular weight is 330 g/mol. The fourth-order valence-corrected chi connectivity index (χ4v) is 3.90. The summed E-state index contributed by atoms with van der Waals surface area (Å²) in [6, 6.07) is 7.53. The van der Waals surface area contributed by atoms with Crippen molar-refractivity contribution < 1.29 is 14.3 Å². The molecule has 5 heteroatoms. The van der Waals surface area contributed by atoms with Crippen LogP contribution in [0.4, 0.5) is 0 Å². The van der Waals surface area contributed by atoms with E-state index >= 15 is 0 Å². The second-order valence-electron chi connectivity index (χ2n) is 6.75. The number of rotatable bonds is 3. The minimum Gasteiger partial charge on any atom is -0.497 e. The number of hydrogen-bond acceptors (Lipinski definition) is 3. The van der Waals surface area contributed by atoms with Crippen molar-refractivity contribution in [3.05, 3.63) is 29.8 Å². The third-order valence-corrected chi connectivity index (χ3v) is 5.30. The van der Waals surface area contributed by atoms with Gasteiger partial charge in [-0.25, -0.2) is 0 Å². The van der Waals surface area contributed by atoms with Gasteiger partial charge in [0.25, 0.3) is 0 Å². The molecule has 130 valence electrons. The molecular weight excluding hydrogens is 304 g/mol. The first-order valence-corrected chi connectivity index (χ1v) is 8.80. The number of carbonyl (C=O) groups is 2. The Bertz CT molecular complexity index is 593. The third-order valence-electron chi connectivity index (χ3n) is 5.30. The molecule has 2 saturated heterocycles. The summed E-state index contributed by atoms with van der Waals surface area (Å²) >= 11 is 0. The number of carbonyl (C=O) groups excluding carboxylic acids is 2. The van der Waals surface area contributed by atoms with E-state index in [9.17, 15) is 9.59 Å². The lowest BCUT2D eigenvalue weighted by Crippen LogP contribution is -2.48. The molecule has 24 heavy (non-hydrogen) atoms. The molecule has 1 aromatic rings. The van der Waals surface area contributed by atoms with Crippen molar-refractivity contribution in [1.29, 1.82) is 0 Å². The van der Waals surface area contributed by atoms with Crippen LogP contribution in [0.2, 0.25) is 0 Å². The molecule has 5 nitrogen and oxygen atoms in total. The highest BCUT2D eigenvalue weighted by Crippen LogP contribution is 2.37. The first-order chi connectivity index (χ1) is 11.6. The van der Waals surface area contributed by atoms with Gasteiger partial charge in [0.2, 0.25) is 11.8 Å². The van der Waals surface area contributed by atoms with Gasteiger partial charge >= 0.3 is 0 Å². The minimum absolute atomic E-state index is 0.110. The average Bonchev–Trinajstić information content (AvgIpc) is 2.64. The SMILES string of the molecule is COc1ccc(C2C(C(=O)N3CCCCC3)CCC(=O)N2C)cc1. The Labute approximate surface area is 143 Å². The van der Waals surface area contributed by atoms with Gasteiger partial charge in [0.15, 0.2) is 0 Å². The van der Waals surface area contributed by atoms with E-state index in [2.05, 4.69) is 0 Å². The number of ether oxygens (including phenoxy) is 1. The number of amides is 2. The zero-order valence-corrected chi connectivity index (χ0v) is 14.5. The predicted molar refractivity (Wildman–Crippen MR) is 91.7 cm³/mol. The van der Waals surface area contributed by atoms with Crippen LogP contribution in [-0.2, 0) is 9.59 Å². The fraction of sp³-hybridized carbons (Fsp3) is 0.579. The van der Waals surface area contributed by atoms with Crippen LogP contribution in [0.5, 0.6) is 5.75 Å². The van der Waals surface area contributed by atoms with Gasteiger partial charge in [-0.2, -0.15) is 0 Å². The molecule has 0 N–H and O–H groups in total. The zero-order valence-electron chi connectivity index (χ0n) is 14.5. The zero-order chi connectivity index (χ0) is 17.1. The highest BCUT2D eigenvalue weighted by Gasteiger charge is 2.40. The molecule has 0 aromatic heterocycles. The summed E-state index contributed by atoms with van der Waals surface area (Å²) in [4.78, 5) is 29.0. The molecule has 2 heterocycles. The Morgan fingerprint density at radius 1 is 1.12 bits per heavy atom. The van der Waals surface area contributed by atoms with Gasteiger partial charge in [-0.05, 0) is 43.4 Å². The van der Waals surface area contributed by atoms with Crippen LogP contribution in [0.3, 0.4) is 0 Å². The van der Waals surface area contributed by atoms with Gasteiger partial charge in [-0.3, -0.25) is 9.59 Å². The first kappa shape index (κ1) is 16.8. The first-order valence-electron chi connectivity index (χ1n) is 8.80. The highest BCUT2D eigenvalue weighted by atomic mass is 16.5. The normalized spacial score (nSPS) is 24.8. The maximum Gasteiger partial charge on any atom is 0.228 e. The van der Waals surface area contributed by atoms with E-state index in [1.807, 2.05) is 36.2 Å². The van der Waals surface area contributed by atoms with Crippen molar-refractivity contribution >= 4 is 11.8 Å². The molecular formula is C19H26N2O3. The van der Waals surface area contributed by atoms with Crippen molar-refractivity contribution in [1.82, 2.24) is 9.80 Å². The number of methoxy groups -OCH3 is 1. The highest BCUT2D eigenvalue weighted by molar-refractivity contribution is 5.85. The third kappa shape index (κ3) is 3.25. The molecule has 2 unspecified atom stereocenters. The summed E-state index contributed by atoms with van der Waals surface area (Å²) in [5.74, 6) is 0.940.